The fourth-order valence-electron chi connectivity index (χ4n) is 0.548. The van der Waals surface area contributed by atoms with Crippen LogP contribution >= 0.6 is 0 Å². The fourth-order valence-corrected chi connectivity index (χ4v) is 0.548. The van der Waals surface area contributed by atoms with Crippen LogP contribution in [0.25, 0.3) is 0 Å². The Balaban J connectivity index is 2.53. The summed E-state index contributed by atoms with van der Waals surface area (Å²) in [6.45, 7) is 6.58. The largest absolute Gasteiger partial charge is 0.317 e. The zero-order valence-corrected chi connectivity index (χ0v) is 5.91. The van der Waals surface area contributed by atoms with Gasteiger partial charge >= 0.3 is 0 Å². The van der Waals surface area contributed by atoms with E-state index in [4.69, 9.17) is 0 Å². The molecule has 0 aliphatic carbocycles. The van der Waals surface area contributed by atoms with E-state index in [9.17, 15) is 0 Å². The first-order chi connectivity index (χ1) is 3.91. The average molecular weight is 112 g/mol. The molecule has 0 heterocycles. The van der Waals surface area contributed by atoms with Crippen molar-refractivity contribution in [1.82, 2.24) is 5.32 Å². The van der Waals surface area contributed by atoms with Crippen molar-refractivity contribution in [2.45, 2.75) is 26.5 Å². The summed E-state index contributed by atoms with van der Waals surface area (Å²) in [5, 5.41) is 3.30. The molecule has 0 aromatic carbocycles. The minimum atomic E-state index is 1.14. The summed E-state index contributed by atoms with van der Waals surface area (Å²) in [5.41, 5.74) is 0. The Labute approximate surface area is 53.1 Å². The Morgan fingerprint density at radius 3 is 2.62 bits per heavy atom. The molecule has 0 saturated carbocycles. The van der Waals surface area contributed by atoms with Crippen LogP contribution in [0.2, 0.25) is 13.1 Å². The molecule has 0 aromatic heterocycles. The Hall–Kier alpha value is 0.0249. The number of hydrogen-bond donors (Lipinski definition) is 1. The zero-order chi connectivity index (χ0) is 6.24. The molecule has 8 heavy (non-hydrogen) atoms. The molecule has 47 valence electrons. The van der Waals surface area contributed by atoms with E-state index in [1.165, 1.54) is 12.7 Å². The van der Waals surface area contributed by atoms with Crippen LogP contribution in [0.3, 0.4) is 0 Å². The first-order valence-corrected chi connectivity index (χ1v) is 3.40. The quantitative estimate of drug-likeness (QED) is 0.415. The first-order valence-electron chi connectivity index (χ1n) is 3.40. The van der Waals surface area contributed by atoms with Gasteiger partial charge in [-0.3, -0.25) is 0 Å². The van der Waals surface area contributed by atoms with Gasteiger partial charge < -0.3 is 5.32 Å². The van der Waals surface area contributed by atoms with E-state index < -0.39 is 0 Å². The van der Waals surface area contributed by atoms with Gasteiger partial charge in [0.25, 0.3) is 0 Å². The maximum atomic E-state index is 3.30. The maximum absolute atomic E-state index is 3.30. The summed E-state index contributed by atoms with van der Waals surface area (Å²) in [5.74, 6) is 0. The Morgan fingerprint density at radius 2 is 2.12 bits per heavy atom. The number of rotatable bonds is 5. The molecule has 0 aromatic rings. The monoisotopic (exact) mass is 112 g/mol. The van der Waals surface area contributed by atoms with E-state index in [0.29, 0.717) is 0 Å². The molecule has 0 bridgehead atoms. The van der Waals surface area contributed by atoms with Crippen LogP contribution in [0.1, 0.15) is 13.3 Å². The van der Waals surface area contributed by atoms with Gasteiger partial charge in [-0.05, 0) is 19.5 Å². The zero-order valence-electron chi connectivity index (χ0n) is 5.91. The SMILES string of the molecule is C[B]CCNCCC. The third kappa shape index (κ3) is 6.02. The van der Waals surface area contributed by atoms with Gasteiger partial charge in [-0.15, -0.1) is 0 Å². The molecular formula is C6H15BN. The normalized spacial score (nSPS) is 9.25. The molecule has 0 spiro atoms. The van der Waals surface area contributed by atoms with Gasteiger partial charge in [0.05, 0.1) is 0 Å². The first kappa shape index (κ1) is 8.02. The highest BCUT2D eigenvalue weighted by Crippen LogP contribution is 1.74. The van der Waals surface area contributed by atoms with Crippen molar-refractivity contribution >= 4 is 7.28 Å². The van der Waals surface area contributed by atoms with Crippen molar-refractivity contribution in [1.29, 1.82) is 0 Å². The smallest absolute Gasteiger partial charge is 0.107 e. The van der Waals surface area contributed by atoms with Crippen molar-refractivity contribution in [3.63, 3.8) is 0 Å². The van der Waals surface area contributed by atoms with Crippen LogP contribution in [-0.2, 0) is 0 Å². The topological polar surface area (TPSA) is 12.0 Å². The molecule has 1 nitrogen and oxygen atoms in total. The lowest BCUT2D eigenvalue weighted by molar-refractivity contribution is 0.702. The van der Waals surface area contributed by atoms with E-state index in [0.717, 1.165) is 13.1 Å². The van der Waals surface area contributed by atoms with Gasteiger partial charge in [-0.1, -0.05) is 20.1 Å². The third-order valence-corrected chi connectivity index (χ3v) is 1.04. The Kier molecular flexibility index (Phi) is 7.05. The Morgan fingerprint density at radius 1 is 1.38 bits per heavy atom. The molecule has 0 amide bonds. The van der Waals surface area contributed by atoms with E-state index in [2.05, 4.69) is 26.3 Å². The van der Waals surface area contributed by atoms with Crippen LogP contribution < -0.4 is 5.32 Å². The summed E-state index contributed by atoms with van der Waals surface area (Å²) in [7, 11) is 2.18. The summed E-state index contributed by atoms with van der Waals surface area (Å²) < 4.78 is 0. The minimum absolute atomic E-state index is 1.14. The highest BCUT2D eigenvalue weighted by Gasteiger charge is 1.81. The second-order valence-electron chi connectivity index (χ2n) is 1.95. The minimum Gasteiger partial charge on any atom is -0.317 e. The van der Waals surface area contributed by atoms with Crippen molar-refractivity contribution < 1.29 is 0 Å². The molecule has 0 aliphatic heterocycles. The fraction of sp³-hybridized carbons (Fsp3) is 1.00. The summed E-state index contributed by atoms with van der Waals surface area (Å²) in [6.07, 6.45) is 2.43. The predicted octanol–water partition coefficient (Wildman–Crippen LogP) is 1.16. The van der Waals surface area contributed by atoms with Gasteiger partial charge in [0.15, 0.2) is 0 Å². The molecule has 0 atom stereocenters. The number of nitrogens with one attached hydrogen (secondary N) is 1. The lowest BCUT2D eigenvalue weighted by atomic mass is 9.78. The molecule has 1 radical (unpaired) electrons. The lowest BCUT2D eigenvalue weighted by Gasteiger charge is -1.97. The van der Waals surface area contributed by atoms with Crippen molar-refractivity contribution in [2.75, 3.05) is 13.1 Å². The second kappa shape index (κ2) is 7.02. The van der Waals surface area contributed by atoms with E-state index >= 15 is 0 Å². The van der Waals surface area contributed by atoms with E-state index in [-0.39, 0.29) is 0 Å². The van der Waals surface area contributed by atoms with Gasteiger partial charge in [0.2, 0.25) is 0 Å². The van der Waals surface area contributed by atoms with Crippen LogP contribution in [0, 0.1) is 0 Å². The summed E-state index contributed by atoms with van der Waals surface area (Å²) in [4.78, 5) is 0. The number of hydrogen-bond acceptors (Lipinski definition) is 1. The molecule has 0 unspecified atom stereocenters. The van der Waals surface area contributed by atoms with Crippen molar-refractivity contribution in [3.8, 4) is 0 Å². The summed E-state index contributed by atoms with van der Waals surface area (Å²) in [6, 6.07) is 0. The highest BCUT2D eigenvalue weighted by atomic mass is 14.8. The highest BCUT2D eigenvalue weighted by molar-refractivity contribution is 6.33. The third-order valence-electron chi connectivity index (χ3n) is 1.04. The standard InChI is InChI=1S/C6H15BN/c1-3-5-8-6-4-7-2/h8H,3-6H2,1-2H3. The Bertz CT molecular complexity index is 33.5. The molecule has 0 fully saturated rings. The second-order valence-corrected chi connectivity index (χ2v) is 1.95. The van der Waals surface area contributed by atoms with E-state index in [1.807, 2.05) is 0 Å². The van der Waals surface area contributed by atoms with Gasteiger partial charge in [-0.25, -0.2) is 0 Å². The predicted molar refractivity (Wildman–Crippen MR) is 39.6 cm³/mol. The van der Waals surface area contributed by atoms with Crippen LogP contribution in [0.4, 0.5) is 0 Å². The lowest BCUT2D eigenvalue weighted by Crippen LogP contribution is -2.16. The van der Waals surface area contributed by atoms with Crippen LogP contribution in [0.5, 0.6) is 0 Å². The molecule has 1 N–H and O–H groups in total. The molecule has 0 rings (SSSR count). The van der Waals surface area contributed by atoms with Gasteiger partial charge in [0, 0.05) is 0 Å². The van der Waals surface area contributed by atoms with Crippen LogP contribution in [0.15, 0.2) is 0 Å². The van der Waals surface area contributed by atoms with Gasteiger partial charge in [-0.2, -0.15) is 0 Å². The van der Waals surface area contributed by atoms with Gasteiger partial charge in [0.1, 0.15) is 7.28 Å². The summed E-state index contributed by atoms with van der Waals surface area (Å²) >= 11 is 0. The molecule has 2 heteroatoms. The average Bonchev–Trinajstić information content (AvgIpc) is 1.81. The van der Waals surface area contributed by atoms with Crippen molar-refractivity contribution in [3.05, 3.63) is 0 Å². The molecular weight excluding hydrogens is 96.9 g/mol. The molecule has 0 saturated heterocycles. The van der Waals surface area contributed by atoms with Crippen molar-refractivity contribution in [2.24, 2.45) is 0 Å². The van der Waals surface area contributed by atoms with Crippen LogP contribution in [-0.4, -0.2) is 20.4 Å². The molecule has 0 aliphatic rings. The maximum Gasteiger partial charge on any atom is 0.107 e. The van der Waals surface area contributed by atoms with E-state index in [1.54, 1.807) is 0 Å².